The van der Waals surface area contributed by atoms with Crippen molar-refractivity contribution in [1.82, 2.24) is 0 Å². The van der Waals surface area contributed by atoms with E-state index in [2.05, 4.69) is 113 Å². The molecule has 0 radical (unpaired) electrons. The second-order valence-electron chi connectivity index (χ2n) is 8.07. The first-order valence-corrected chi connectivity index (χ1v) is 9.91. The summed E-state index contributed by atoms with van der Waals surface area (Å²) >= 11 is 0. The lowest BCUT2D eigenvalue weighted by Gasteiger charge is -2.25. The van der Waals surface area contributed by atoms with Crippen molar-refractivity contribution in [3.63, 3.8) is 0 Å². The topological polar surface area (TPSA) is 3.88 Å². The Morgan fingerprint density at radius 1 is 0.815 bits per heavy atom. The zero-order valence-electron chi connectivity index (χ0n) is 18.5. The molecular formula is C26H32N+. The third-order valence-electron chi connectivity index (χ3n) is 5.37. The van der Waals surface area contributed by atoms with E-state index in [1.54, 1.807) is 0 Å². The lowest BCUT2D eigenvalue weighted by Crippen LogP contribution is -2.30. The van der Waals surface area contributed by atoms with Crippen LogP contribution in [0, 0.1) is 18.8 Å². The van der Waals surface area contributed by atoms with E-state index in [1.165, 1.54) is 27.9 Å². The van der Waals surface area contributed by atoms with Crippen LogP contribution >= 0.6 is 0 Å². The minimum atomic E-state index is -0.562. The summed E-state index contributed by atoms with van der Waals surface area (Å²) < 4.78 is 11.2. The lowest BCUT2D eigenvalue weighted by molar-refractivity contribution is -0.660. The van der Waals surface area contributed by atoms with Crippen molar-refractivity contribution >= 4 is 0 Å². The van der Waals surface area contributed by atoms with E-state index >= 15 is 0 Å². The van der Waals surface area contributed by atoms with Gasteiger partial charge >= 0.3 is 0 Å². The van der Waals surface area contributed by atoms with Gasteiger partial charge in [-0.1, -0.05) is 70.2 Å². The summed E-state index contributed by atoms with van der Waals surface area (Å²) in [5.74, 6) is -0.0305. The molecule has 0 N–H and O–H groups in total. The maximum Gasteiger partial charge on any atom is 0.213 e. The molecule has 1 heterocycles. The molecule has 0 spiro atoms. The summed E-state index contributed by atoms with van der Waals surface area (Å²) in [6.45, 7) is 10.7. The molecule has 0 aliphatic rings. The molecule has 3 aromatic rings. The molecule has 1 aromatic heterocycles. The third kappa shape index (κ3) is 4.13. The van der Waals surface area contributed by atoms with Crippen molar-refractivity contribution in [2.75, 3.05) is 0 Å². The Labute approximate surface area is 166 Å². The quantitative estimate of drug-likeness (QED) is 0.455. The summed E-state index contributed by atoms with van der Waals surface area (Å²) in [4.78, 5) is 0. The standard InChI is InChI=1S/C26H32N/c1-18(2)26(19(3)4)22-13-11-21(12-14-22)23-15-16-27(6)25(17-23)24-10-8-7-9-20(24)5/h7-19,26H,1-6H3/q+1/i26D. The maximum atomic E-state index is 9.04. The normalized spacial score (nSPS) is 12.5. The number of hydrogen-bond acceptors (Lipinski definition) is 0. The predicted molar refractivity (Wildman–Crippen MR) is 116 cm³/mol. The second-order valence-corrected chi connectivity index (χ2v) is 8.07. The van der Waals surface area contributed by atoms with E-state index in [4.69, 9.17) is 1.37 Å². The average Bonchev–Trinajstić information content (AvgIpc) is 2.68. The Morgan fingerprint density at radius 2 is 1.44 bits per heavy atom. The molecular weight excluding hydrogens is 326 g/mol. The summed E-state index contributed by atoms with van der Waals surface area (Å²) in [6, 6.07) is 21.5. The number of nitrogens with zero attached hydrogens (tertiary/aromatic N) is 1. The van der Waals surface area contributed by atoms with Gasteiger partial charge in [0.15, 0.2) is 6.20 Å². The first-order chi connectivity index (χ1) is 13.2. The number of hydrogen-bond donors (Lipinski definition) is 0. The Bertz CT molecular complexity index is 946. The Kier molecular flexibility index (Phi) is 5.38. The van der Waals surface area contributed by atoms with Gasteiger partial charge in [-0.2, -0.15) is 0 Å². The van der Waals surface area contributed by atoms with Crippen LogP contribution in [0.4, 0.5) is 0 Å². The lowest BCUT2D eigenvalue weighted by atomic mass is 9.80. The predicted octanol–water partition coefficient (Wildman–Crippen LogP) is 6.55. The fraction of sp³-hybridized carbons (Fsp3) is 0.346. The zero-order chi connectivity index (χ0) is 20.5. The fourth-order valence-electron chi connectivity index (χ4n) is 4.07. The van der Waals surface area contributed by atoms with Crippen LogP contribution < -0.4 is 4.57 Å². The smallest absolute Gasteiger partial charge is 0.201 e. The first kappa shape index (κ1) is 18.0. The minimum absolute atomic E-state index is 0.266. The molecule has 0 fully saturated rings. The molecule has 0 amide bonds. The molecule has 140 valence electrons. The van der Waals surface area contributed by atoms with Gasteiger partial charge in [-0.3, -0.25) is 0 Å². The summed E-state index contributed by atoms with van der Waals surface area (Å²) in [5, 5.41) is 0. The summed E-state index contributed by atoms with van der Waals surface area (Å²) in [5.41, 5.74) is 7.23. The van der Waals surface area contributed by atoms with Crippen LogP contribution in [-0.2, 0) is 7.05 Å². The maximum absolute atomic E-state index is 9.04. The van der Waals surface area contributed by atoms with E-state index in [-0.39, 0.29) is 11.8 Å². The van der Waals surface area contributed by atoms with Gasteiger partial charge in [0.05, 0.1) is 0 Å². The van der Waals surface area contributed by atoms with E-state index < -0.39 is 5.89 Å². The zero-order valence-corrected chi connectivity index (χ0v) is 17.5. The van der Waals surface area contributed by atoms with Crippen LogP contribution in [-0.4, -0.2) is 0 Å². The Balaban J connectivity index is 2.02. The minimum Gasteiger partial charge on any atom is -0.201 e. The van der Waals surface area contributed by atoms with Gasteiger partial charge in [-0.25, -0.2) is 4.57 Å². The van der Waals surface area contributed by atoms with Crippen molar-refractivity contribution in [2.24, 2.45) is 18.9 Å². The summed E-state index contributed by atoms with van der Waals surface area (Å²) in [7, 11) is 2.09. The van der Waals surface area contributed by atoms with E-state index in [0.717, 1.165) is 5.56 Å². The number of benzene rings is 2. The Hall–Kier alpha value is -2.41. The number of rotatable bonds is 5. The van der Waals surface area contributed by atoms with Crippen LogP contribution in [0.3, 0.4) is 0 Å². The second kappa shape index (κ2) is 8.08. The summed E-state index contributed by atoms with van der Waals surface area (Å²) in [6.07, 6.45) is 2.13. The van der Waals surface area contributed by atoms with Crippen LogP contribution in [0.15, 0.2) is 66.9 Å². The molecule has 0 atom stereocenters. The van der Waals surface area contributed by atoms with Gasteiger partial charge < -0.3 is 0 Å². The number of aromatic nitrogens is 1. The molecule has 0 unspecified atom stereocenters. The molecule has 0 aliphatic heterocycles. The molecule has 1 heteroatoms. The molecule has 0 bridgehead atoms. The highest BCUT2D eigenvalue weighted by atomic mass is 14.9. The van der Waals surface area contributed by atoms with Crippen molar-refractivity contribution < 1.29 is 5.94 Å². The molecule has 27 heavy (non-hydrogen) atoms. The molecule has 0 saturated heterocycles. The highest BCUT2D eigenvalue weighted by Crippen LogP contribution is 2.33. The van der Waals surface area contributed by atoms with Crippen molar-refractivity contribution in [3.8, 4) is 22.4 Å². The van der Waals surface area contributed by atoms with Gasteiger partial charge in [-0.15, -0.1) is 0 Å². The molecule has 3 rings (SSSR count). The van der Waals surface area contributed by atoms with Gasteiger partial charge in [0, 0.05) is 19.1 Å². The highest BCUT2D eigenvalue weighted by molar-refractivity contribution is 5.70. The SMILES string of the molecule is [2H]C(c1ccc(-c2cc[n+](C)c(-c3ccccc3C)c2)cc1)(C(C)C)C(C)C. The Morgan fingerprint density at radius 3 is 2.04 bits per heavy atom. The average molecular weight is 360 g/mol. The van der Waals surface area contributed by atoms with Gasteiger partial charge in [0.2, 0.25) is 5.69 Å². The van der Waals surface area contributed by atoms with Gasteiger partial charge in [0.1, 0.15) is 7.05 Å². The van der Waals surface area contributed by atoms with E-state index in [1.807, 2.05) is 0 Å². The van der Waals surface area contributed by atoms with Crippen LogP contribution in [0.5, 0.6) is 0 Å². The molecule has 2 aromatic carbocycles. The van der Waals surface area contributed by atoms with Crippen molar-refractivity contribution in [3.05, 3.63) is 78.0 Å². The molecule has 0 saturated carbocycles. The molecule has 1 nitrogen and oxygen atoms in total. The first-order valence-electron chi connectivity index (χ1n) is 10.4. The number of aryl methyl sites for hydroxylation is 2. The van der Waals surface area contributed by atoms with Gasteiger partial charge in [0.25, 0.3) is 0 Å². The van der Waals surface area contributed by atoms with Crippen LogP contribution in [0.2, 0.25) is 0 Å². The highest BCUT2D eigenvalue weighted by Gasteiger charge is 2.20. The fourth-order valence-corrected chi connectivity index (χ4v) is 4.07. The third-order valence-corrected chi connectivity index (χ3v) is 5.37. The molecule has 0 aliphatic carbocycles. The van der Waals surface area contributed by atoms with E-state index in [9.17, 15) is 0 Å². The van der Waals surface area contributed by atoms with E-state index in [0.29, 0.717) is 0 Å². The van der Waals surface area contributed by atoms with Crippen molar-refractivity contribution in [1.29, 1.82) is 0 Å². The largest absolute Gasteiger partial charge is 0.213 e. The van der Waals surface area contributed by atoms with Crippen LogP contribution in [0.25, 0.3) is 22.4 Å². The van der Waals surface area contributed by atoms with Gasteiger partial charge in [-0.05, 0) is 53.0 Å². The van der Waals surface area contributed by atoms with Crippen molar-refractivity contribution in [2.45, 2.75) is 40.5 Å². The monoisotopic (exact) mass is 359 g/mol. The number of pyridine rings is 1. The van der Waals surface area contributed by atoms with Crippen LogP contribution in [0.1, 0.15) is 46.1 Å².